The van der Waals surface area contributed by atoms with Crippen molar-refractivity contribution in [2.45, 2.75) is 21.4 Å². The number of sulfonamides is 2. The third-order valence-electron chi connectivity index (χ3n) is 3.69. The lowest BCUT2D eigenvalue weighted by atomic mass is 10.1. The highest BCUT2D eigenvalue weighted by Crippen LogP contribution is 2.39. The van der Waals surface area contributed by atoms with Crippen LogP contribution in [0.25, 0.3) is 0 Å². The first-order valence-corrected chi connectivity index (χ1v) is 11.5. The van der Waals surface area contributed by atoms with E-state index in [0.717, 1.165) is 0 Å². The number of halogens is 1. The van der Waals surface area contributed by atoms with E-state index >= 15 is 0 Å². The number of primary sulfonamides is 1. The highest BCUT2D eigenvalue weighted by atomic mass is 35.5. The minimum Gasteiger partial charge on any atom is -0.382 e. The van der Waals surface area contributed by atoms with Crippen molar-refractivity contribution in [3.63, 3.8) is 0 Å². The van der Waals surface area contributed by atoms with Gasteiger partial charge in [0.2, 0.25) is 10.0 Å². The Kier molecular flexibility index (Phi) is 8.90. The minimum atomic E-state index is -3.96. The molecule has 0 aliphatic carbocycles. The normalized spacial score (nSPS) is 19.7. The van der Waals surface area contributed by atoms with Crippen molar-refractivity contribution in [1.82, 2.24) is 9.62 Å². The van der Waals surface area contributed by atoms with Crippen molar-refractivity contribution in [1.29, 1.82) is 0 Å². The fourth-order valence-corrected chi connectivity index (χ4v) is 6.76. The van der Waals surface area contributed by atoms with Gasteiger partial charge >= 0.3 is 0 Å². The van der Waals surface area contributed by atoms with Gasteiger partial charge < -0.3 is 14.8 Å². The third kappa shape index (κ3) is 5.36. The van der Waals surface area contributed by atoms with Crippen molar-refractivity contribution >= 4 is 43.8 Å². The topological polar surface area (TPSA) is 128 Å². The molecule has 13 heteroatoms. The van der Waals surface area contributed by atoms with Crippen LogP contribution in [-0.4, -0.2) is 67.7 Å². The molecule has 0 radical (unpaired) electrons. The zero-order chi connectivity index (χ0) is 18.7. The number of thiophene rings is 1. The fraction of sp³-hybridized carbons (Fsp3) is 0.692. The number of fused-ring (bicyclic) bond motifs is 1. The van der Waals surface area contributed by atoms with Gasteiger partial charge in [-0.3, -0.25) is 0 Å². The van der Waals surface area contributed by atoms with Gasteiger partial charge in [-0.05, 0) is 12.6 Å². The monoisotopic (exact) mass is 449 g/mol. The summed E-state index contributed by atoms with van der Waals surface area (Å²) in [7, 11) is -6.19. The second-order valence-corrected chi connectivity index (χ2v) is 10.4. The molecule has 152 valence electrons. The quantitative estimate of drug-likeness (QED) is 0.513. The summed E-state index contributed by atoms with van der Waals surface area (Å²) < 4.78 is 60.2. The van der Waals surface area contributed by atoms with Crippen molar-refractivity contribution in [3.05, 3.63) is 11.6 Å². The van der Waals surface area contributed by atoms with Crippen LogP contribution < -0.4 is 10.5 Å². The van der Waals surface area contributed by atoms with Gasteiger partial charge in [0.25, 0.3) is 10.0 Å². The molecule has 1 aromatic rings. The molecule has 0 saturated heterocycles. The molecular weight excluding hydrogens is 426 g/mol. The van der Waals surface area contributed by atoms with Gasteiger partial charge in [0.05, 0.1) is 19.8 Å². The Morgan fingerprint density at radius 2 is 2.08 bits per heavy atom. The number of hydrogen-bond donors (Lipinski definition) is 2. The third-order valence-corrected chi connectivity index (χ3v) is 8.65. The molecule has 0 spiro atoms. The first kappa shape index (κ1) is 23.7. The molecule has 0 fully saturated rings. The number of ether oxygens (including phenoxy) is 2. The lowest BCUT2D eigenvalue weighted by molar-refractivity contribution is 0.0649. The molecule has 0 amide bonds. The lowest BCUT2D eigenvalue weighted by Gasteiger charge is -2.32. The van der Waals surface area contributed by atoms with Crippen LogP contribution in [0.1, 0.15) is 18.5 Å². The molecule has 3 N–H and O–H groups in total. The molecule has 2 rings (SSSR count). The zero-order valence-electron chi connectivity index (χ0n) is 14.5. The first-order chi connectivity index (χ1) is 11.7. The maximum Gasteiger partial charge on any atom is 0.253 e. The molecule has 0 aromatic carbocycles. The summed E-state index contributed by atoms with van der Waals surface area (Å²) >= 11 is 0.687. The molecule has 1 atom stereocenters. The summed E-state index contributed by atoms with van der Waals surface area (Å²) in [4.78, 5) is 0. The van der Waals surface area contributed by atoms with E-state index in [9.17, 15) is 16.8 Å². The van der Waals surface area contributed by atoms with E-state index in [0.29, 0.717) is 36.7 Å². The zero-order valence-corrected chi connectivity index (χ0v) is 17.8. The molecule has 9 nitrogen and oxygen atoms in total. The summed E-state index contributed by atoms with van der Waals surface area (Å²) in [5, 5.41) is 8.35. The van der Waals surface area contributed by atoms with E-state index in [-0.39, 0.29) is 46.6 Å². The number of nitrogens with two attached hydrogens (primary N) is 1. The predicted molar refractivity (Wildman–Crippen MR) is 101 cm³/mol. The molecule has 26 heavy (non-hydrogen) atoms. The van der Waals surface area contributed by atoms with Crippen LogP contribution in [-0.2, 0) is 29.5 Å². The maximum atomic E-state index is 12.8. The van der Waals surface area contributed by atoms with Gasteiger partial charge in [0, 0.05) is 31.8 Å². The summed E-state index contributed by atoms with van der Waals surface area (Å²) in [6.45, 7) is 3.93. The summed E-state index contributed by atoms with van der Waals surface area (Å²) in [6.07, 6.45) is 0. The van der Waals surface area contributed by atoms with E-state index in [4.69, 9.17) is 14.6 Å². The molecule has 1 unspecified atom stereocenters. The predicted octanol–water partition coefficient (Wildman–Crippen LogP) is 0.135. The Bertz CT molecular complexity index is 796. The largest absolute Gasteiger partial charge is 0.382 e. The van der Waals surface area contributed by atoms with E-state index in [1.165, 1.54) is 10.4 Å². The summed E-state index contributed by atoms with van der Waals surface area (Å²) in [5.74, 6) is 0. The van der Waals surface area contributed by atoms with E-state index in [1.54, 1.807) is 7.11 Å². The van der Waals surface area contributed by atoms with Gasteiger partial charge in [0.15, 0.2) is 0 Å². The number of likely N-dealkylation sites (N-methyl/N-ethyl adjacent to an activating group) is 1. The maximum absolute atomic E-state index is 12.8. The Balaban J connectivity index is 0.00000338. The summed E-state index contributed by atoms with van der Waals surface area (Å²) in [6, 6.07) is 1.06. The van der Waals surface area contributed by atoms with E-state index < -0.39 is 20.0 Å². The second-order valence-electron chi connectivity index (χ2n) is 5.43. The van der Waals surface area contributed by atoms with Gasteiger partial charge in [-0.15, -0.1) is 23.7 Å². The van der Waals surface area contributed by atoms with Crippen LogP contribution in [0.15, 0.2) is 14.5 Å². The van der Waals surface area contributed by atoms with Gasteiger partial charge in [0.1, 0.15) is 8.42 Å². The molecule has 1 aliphatic rings. The highest BCUT2D eigenvalue weighted by Gasteiger charge is 2.39. The summed E-state index contributed by atoms with van der Waals surface area (Å²) in [5.41, 5.74) is 0.451. The van der Waals surface area contributed by atoms with Gasteiger partial charge in [-0.1, -0.05) is 6.92 Å². The second kappa shape index (κ2) is 9.75. The molecule has 0 bridgehead atoms. The van der Waals surface area contributed by atoms with Gasteiger partial charge in [-0.25, -0.2) is 22.0 Å². The molecular formula is C13H24ClN3O6S3. The number of nitrogens with zero attached hydrogens (tertiary/aromatic N) is 1. The Hall–Kier alpha value is -0.310. The van der Waals surface area contributed by atoms with Crippen LogP contribution in [0, 0.1) is 0 Å². The first-order valence-electron chi connectivity index (χ1n) is 7.68. The van der Waals surface area contributed by atoms with Gasteiger partial charge in [-0.2, -0.15) is 4.31 Å². The Morgan fingerprint density at radius 1 is 1.38 bits per heavy atom. The average Bonchev–Trinajstić information content (AvgIpc) is 2.98. The number of nitrogens with one attached hydrogen (secondary N) is 1. The van der Waals surface area contributed by atoms with Crippen LogP contribution in [0.4, 0.5) is 0 Å². The van der Waals surface area contributed by atoms with Crippen molar-refractivity contribution in [2.24, 2.45) is 5.14 Å². The number of hydrogen-bond acceptors (Lipinski definition) is 8. The highest BCUT2D eigenvalue weighted by molar-refractivity contribution is 7.94. The van der Waals surface area contributed by atoms with E-state index in [2.05, 4.69) is 5.32 Å². The average molecular weight is 450 g/mol. The molecule has 2 heterocycles. The van der Waals surface area contributed by atoms with E-state index in [1.807, 2.05) is 6.92 Å². The van der Waals surface area contributed by atoms with Crippen molar-refractivity contribution in [2.75, 3.05) is 46.6 Å². The van der Waals surface area contributed by atoms with Crippen LogP contribution in [0.5, 0.6) is 0 Å². The van der Waals surface area contributed by atoms with Crippen molar-refractivity contribution < 1.29 is 26.3 Å². The molecule has 1 aromatic heterocycles. The molecule has 0 saturated carbocycles. The smallest absolute Gasteiger partial charge is 0.253 e. The fourth-order valence-electron chi connectivity index (χ4n) is 2.51. The Labute approximate surface area is 164 Å². The van der Waals surface area contributed by atoms with Crippen LogP contribution in [0.3, 0.4) is 0 Å². The Morgan fingerprint density at radius 3 is 2.65 bits per heavy atom. The lowest BCUT2D eigenvalue weighted by Crippen LogP contribution is -2.44. The number of methoxy groups -OCH3 is 1. The van der Waals surface area contributed by atoms with Crippen LogP contribution >= 0.6 is 23.7 Å². The van der Waals surface area contributed by atoms with Crippen molar-refractivity contribution in [3.8, 4) is 0 Å². The number of rotatable bonds is 9. The van der Waals surface area contributed by atoms with Crippen LogP contribution in [0.2, 0.25) is 0 Å². The SMILES string of the molecule is CCNC1CN(CCOCCOC)S(=O)(=O)c2sc(S(N)(=O)=O)cc21.Cl. The standard InChI is InChI=1S/C13H23N3O6S3.ClH/c1-3-15-11-9-16(4-5-22-7-6-21-2)25(19,20)13-10(11)8-12(23-13)24(14,17)18;/h8,11,15H,3-7,9H2,1-2H3,(H2,14,17,18);1H. The minimum absolute atomic E-state index is 0. The molecule has 1 aliphatic heterocycles.